The molecule has 1 aliphatic heterocycles. The first kappa shape index (κ1) is 22.7. The summed E-state index contributed by atoms with van der Waals surface area (Å²) < 4.78 is 20.9. The molecule has 2 heterocycles. The summed E-state index contributed by atoms with van der Waals surface area (Å²) in [7, 11) is 0. The van der Waals surface area contributed by atoms with Gasteiger partial charge in [-0.3, -0.25) is 19.5 Å². The predicted octanol–water partition coefficient (Wildman–Crippen LogP) is 3.19. The van der Waals surface area contributed by atoms with Crippen molar-refractivity contribution in [1.29, 1.82) is 0 Å². The minimum atomic E-state index is -0.964. The SMILES string of the molecule is Cc1ccccc1-n1c(SCC(=O)Nc2ccc(F)c([N+](=O)[O-])c2)nnc1N1CCOCC1. The maximum atomic E-state index is 13.5. The minimum absolute atomic E-state index is 0.0156. The van der Waals surface area contributed by atoms with Crippen LogP contribution in [0.3, 0.4) is 0 Å². The number of para-hydroxylation sites is 1. The number of aryl methyl sites for hydroxylation is 1. The topological polar surface area (TPSA) is 115 Å². The number of morpholine rings is 1. The lowest BCUT2D eigenvalue weighted by Crippen LogP contribution is -2.38. The Morgan fingerprint density at radius 1 is 1.24 bits per heavy atom. The van der Waals surface area contributed by atoms with Gasteiger partial charge in [0.05, 0.1) is 29.6 Å². The molecule has 0 unspecified atom stereocenters. The van der Waals surface area contributed by atoms with Gasteiger partial charge in [0.15, 0.2) is 5.16 Å². The maximum absolute atomic E-state index is 13.5. The summed E-state index contributed by atoms with van der Waals surface area (Å²) in [4.78, 5) is 24.7. The summed E-state index contributed by atoms with van der Waals surface area (Å²) in [5, 5.41) is 22.7. The van der Waals surface area contributed by atoms with Gasteiger partial charge in [-0.1, -0.05) is 30.0 Å². The molecule has 172 valence electrons. The smallest absolute Gasteiger partial charge is 0.306 e. The minimum Gasteiger partial charge on any atom is -0.378 e. The van der Waals surface area contributed by atoms with E-state index in [2.05, 4.69) is 20.4 Å². The number of carbonyl (C=O) groups is 1. The number of anilines is 2. The zero-order valence-corrected chi connectivity index (χ0v) is 18.5. The highest BCUT2D eigenvalue weighted by atomic mass is 32.2. The molecule has 12 heteroatoms. The molecule has 0 bridgehead atoms. The fourth-order valence-electron chi connectivity index (χ4n) is 3.41. The lowest BCUT2D eigenvalue weighted by atomic mass is 10.2. The van der Waals surface area contributed by atoms with Crippen molar-refractivity contribution in [2.45, 2.75) is 12.1 Å². The lowest BCUT2D eigenvalue weighted by molar-refractivity contribution is -0.387. The van der Waals surface area contributed by atoms with Crippen molar-refractivity contribution < 1.29 is 18.8 Å². The highest BCUT2D eigenvalue weighted by Crippen LogP contribution is 2.29. The average molecular weight is 473 g/mol. The molecule has 1 fully saturated rings. The van der Waals surface area contributed by atoms with Gasteiger partial charge in [-0.05, 0) is 30.7 Å². The number of halogens is 1. The Morgan fingerprint density at radius 3 is 2.73 bits per heavy atom. The van der Waals surface area contributed by atoms with Crippen molar-refractivity contribution in [1.82, 2.24) is 14.8 Å². The van der Waals surface area contributed by atoms with Crippen LogP contribution in [0.15, 0.2) is 47.6 Å². The lowest BCUT2D eigenvalue weighted by Gasteiger charge is -2.28. The molecule has 1 saturated heterocycles. The Balaban J connectivity index is 1.54. The number of hydrogen-bond donors (Lipinski definition) is 1. The second-order valence-corrected chi connectivity index (χ2v) is 8.21. The number of carbonyl (C=O) groups excluding carboxylic acids is 1. The van der Waals surface area contributed by atoms with Crippen LogP contribution >= 0.6 is 11.8 Å². The Labute approximate surface area is 192 Å². The molecule has 1 N–H and O–H groups in total. The van der Waals surface area contributed by atoms with E-state index in [4.69, 9.17) is 4.74 Å². The zero-order valence-electron chi connectivity index (χ0n) is 17.7. The monoisotopic (exact) mass is 472 g/mol. The van der Waals surface area contributed by atoms with Gasteiger partial charge in [0, 0.05) is 24.8 Å². The van der Waals surface area contributed by atoms with Gasteiger partial charge < -0.3 is 15.0 Å². The number of hydrogen-bond acceptors (Lipinski definition) is 8. The van der Waals surface area contributed by atoms with Crippen LogP contribution < -0.4 is 10.2 Å². The maximum Gasteiger partial charge on any atom is 0.306 e. The second kappa shape index (κ2) is 9.96. The molecule has 4 rings (SSSR count). The number of amides is 1. The van der Waals surface area contributed by atoms with Crippen LogP contribution in [0.5, 0.6) is 0 Å². The Bertz CT molecular complexity index is 1180. The molecule has 1 aliphatic rings. The fourth-order valence-corrected chi connectivity index (χ4v) is 4.15. The summed E-state index contributed by atoms with van der Waals surface area (Å²) in [5.74, 6) is -0.717. The first-order valence-electron chi connectivity index (χ1n) is 10.1. The van der Waals surface area contributed by atoms with E-state index in [1.54, 1.807) is 0 Å². The molecule has 0 aliphatic carbocycles. The van der Waals surface area contributed by atoms with Crippen molar-refractivity contribution in [2.24, 2.45) is 0 Å². The molecular weight excluding hydrogens is 451 g/mol. The summed E-state index contributed by atoms with van der Waals surface area (Å²) in [6.07, 6.45) is 0. The molecule has 10 nitrogen and oxygen atoms in total. The number of benzene rings is 2. The molecule has 3 aromatic rings. The summed E-state index contributed by atoms with van der Waals surface area (Å²) in [6, 6.07) is 11.0. The number of aromatic nitrogens is 3. The molecule has 0 spiro atoms. The van der Waals surface area contributed by atoms with E-state index >= 15 is 0 Å². The summed E-state index contributed by atoms with van der Waals surface area (Å²) in [5.41, 5.74) is 1.37. The van der Waals surface area contributed by atoms with Gasteiger partial charge in [0.25, 0.3) is 0 Å². The standard InChI is InChI=1S/C21H21FN6O4S/c1-14-4-2-3-5-17(14)27-20(26-8-10-32-11-9-26)24-25-21(27)33-13-19(29)23-15-6-7-16(22)18(12-15)28(30)31/h2-7,12H,8-11,13H2,1H3,(H,23,29). The van der Waals surface area contributed by atoms with Crippen LogP contribution in [0, 0.1) is 22.9 Å². The average Bonchev–Trinajstić information content (AvgIpc) is 3.23. The van der Waals surface area contributed by atoms with Crippen LogP contribution in [0.1, 0.15) is 5.56 Å². The van der Waals surface area contributed by atoms with Crippen molar-refractivity contribution >= 4 is 35.0 Å². The van der Waals surface area contributed by atoms with E-state index in [-0.39, 0.29) is 11.4 Å². The molecule has 2 aromatic carbocycles. The van der Waals surface area contributed by atoms with Crippen LogP contribution in [-0.2, 0) is 9.53 Å². The van der Waals surface area contributed by atoms with Crippen LogP contribution in [0.25, 0.3) is 5.69 Å². The number of nitrogens with zero attached hydrogens (tertiary/aromatic N) is 5. The summed E-state index contributed by atoms with van der Waals surface area (Å²) in [6.45, 7) is 4.53. The highest BCUT2D eigenvalue weighted by molar-refractivity contribution is 7.99. The van der Waals surface area contributed by atoms with Crippen LogP contribution in [0.2, 0.25) is 0 Å². The summed E-state index contributed by atoms with van der Waals surface area (Å²) >= 11 is 1.19. The van der Waals surface area contributed by atoms with Crippen molar-refractivity contribution in [3.63, 3.8) is 0 Å². The van der Waals surface area contributed by atoms with Gasteiger partial charge in [0.1, 0.15) is 0 Å². The quantitative estimate of drug-likeness (QED) is 0.317. The van der Waals surface area contributed by atoms with Crippen LogP contribution in [-0.4, -0.2) is 57.7 Å². The molecule has 1 aromatic heterocycles. The third-order valence-electron chi connectivity index (χ3n) is 5.03. The van der Waals surface area contributed by atoms with Crippen LogP contribution in [0.4, 0.5) is 21.7 Å². The van der Waals surface area contributed by atoms with Gasteiger partial charge in [0.2, 0.25) is 17.7 Å². The largest absolute Gasteiger partial charge is 0.378 e. The Kier molecular flexibility index (Phi) is 6.84. The number of ether oxygens (including phenoxy) is 1. The fraction of sp³-hybridized carbons (Fsp3) is 0.286. The van der Waals surface area contributed by atoms with Gasteiger partial charge in [-0.25, -0.2) is 0 Å². The van der Waals surface area contributed by atoms with Gasteiger partial charge in [-0.2, -0.15) is 4.39 Å². The van der Waals surface area contributed by atoms with E-state index in [1.807, 2.05) is 35.8 Å². The third-order valence-corrected chi connectivity index (χ3v) is 5.95. The first-order chi connectivity index (χ1) is 15.9. The molecule has 0 saturated carbocycles. The van der Waals surface area contributed by atoms with E-state index in [1.165, 1.54) is 17.8 Å². The predicted molar refractivity (Wildman–Crippen MR) is 122 cm³/mol. The van der Waals surface area contributed by atoms with E-state index in [0.29, 0.717) is 37.4 Å². The van der Waals surface area contributed by atoms with Crippen molar-refractivity contribution in [3.8, 4) is 5.69 Å². The van der Waals surface area contributed by atoms with Crippen molar-refractivity contribution in [2.75, 3.05) is 42.3 Å². The number of thioether (sulfide) groups is 1. The Morgan fingerprint density at radius 2 is 2.00 bits per heavy atom. The normalized spacial score (nSPS) is 13.7. The second-order valence-electron chi connectivity index (χ2n) is 7.26. The van der Waals surface area contributed by atoms with Gasteiger partial charge in [-0.15, -0.1) is 10.2 Å². The molecule has 1 amide bonds. The third kappa shape index (κ3) is 5.12. The number of rotatable bonds is 7. The Hall–Kier alpha value is -3.51. The van der Waals surface area contributed by atoms with Gasteiger partial charge >= 0.3 is 5.69 Å². The van der Waals surface area contributed by atoms with E-state index < -0.39 is 22.3 Å². The molecule has 33 heavy (non-hydrogen) atoms. The highest BCUT2D eigenvalue weighted by Gasteiger charge is 2.23. The first-order valence-corrected chi connectivity index (χ1v) is 11.1. The number of nitrogens with one attached hydrogen (secondary N) is 1. The van der Waals surface area contributed by atoms with E-state index in [0.717, 1.165) is 23.4 Å². The molecule has 0 atom stereocenters. The van der Waals surface area contributed by atoms with Crippen molar-refractivity contribution in [3.05, 3.63) is 64.0 Å². The molecule has 0 radical (unpaired) electrons. The zero-order chi connectivity index (χ0) is 23.4. The number of nitro groups is 1. The molecular formula is C21H21FN6O4S. The van der Waals surface area contributed by atoms with E-state index in [9.17, 15) is 19.3 Å². The number of nitro benzene ring substituents is 1.